The summed E-state index contributed by atoms with van der Waals surface area (Å²) >= 11 is 1.59. The summed E-state index contributed by atoms with van der Waals surface area (Å²) in [6, 6.07) is 9.79. The molecule has 1 aliphatic rings. The van der Waals surface area contributed by atoms with Crippen LogP contribution in [-0.2, 0) is 0 Å². The van der Waals surface area contributed by atoms with Crippen molar-refractivity contribution in [2.75, 3.05) is 7.11 Å². The Morgan fingerprint density at radius 3 is 2.71 bits per heavy atom. The van der Waals surface area contributed by atoms with Crippen molar-refractivity contribution in [1.82, 2.24) is 14.6 Å². The molecule has 0 saturated heterocycles. The van der Waals surface area contributed by atoms with Gasteiger partial charge in [-0.3, -0.25) is 0 Å². The van der Waals surface area contributed by atoms with Gasteiger partial charge in [-0.1, -0.05) is 11.3 Å². The molecule has 0 bridgehead atoms. The zero-order valence-corrected chi connectivity index (χ0v) is 12.2. The first-order valence-electron chi connectivity index (χ1n) is 6.74. The highest BCUT2D eigenvalue weighted by Crippen LogP contribution is 2.42. The number of benzene rings is 1. The van der Waals surface area contributed by atoms with E-state index in [0.717, 1.165) is 21.3 Å². The normalized spacial score (nSPS) is 14.3. The molecule has 1 fully saturated rings. The third kappa shape index (κ3) is 1.98. The third-order valence-corrected chi connectivity index (χ3v) is 4.69. The standard InChI is InChI=1S/C15H12N4OS/c1-20-11-6-4-9(5-7-11)13-12(8-16)19-15(17-13)21-14(18-19)10-2-3-10/h4-7,10H,2-3H2,1H3. The lowest BCUT2D eigenvalue weighted by Gasteiger charge is -2.01. The Hall–Kier alpha value is -2.39. The number of nitrogens with zero attached hydrogens (tertiary/aromatic N) is 4. The highest BCUT2D eigenvalue weighted by atomic mass is 32.1. The SMILES string of the molecule is COc1ccc(-c2nc3sc(C4CC4)nn3c2C#N)cc1. The number of hydrogen-bond donors (Lipinski definition) is 0. The van der Waals surface area contributed by atoms with E-state index in [4.69, 9.17) is 4.74 Å². The van der Waals surface area contributed by atoms with Gasteiger partial charge in [0.15, 0.2) is 5.69 Å². The van der Waals surface area contributed by atoms with Gasteiger partial charge in [0, 0.05) is 11.5 Å². The van der Waals surface area contributed by atoms with Crippen LogP contribution in [0.4, 0.5) is 0 Å². The maximum Gasteiger partial charge on any atom is 0.214 e. The summed E-state index contributed by atoms with van der Waals surface area (Å²) in [6.45, 7) is 0. The Kier molecular flexibility index (Phi) is 2.69. The summed E-state index contributed by atoms with van der Waals surface area (Å²) in [5, 5.41) is 15.1. The number of ether oxygens (including phenoxy) is 1. The smallest absolute Gasteiger partial charge is 0.214 e. The van der Waals surface area contributed by atoms with Gasteiger partial charge in [0.05, 0.1) is 7.11 Å². The van der Waals surface area contributed by atoms with E-state index in [-0.39, 0.29) is 0 Å². The molecule has 5 nitrogen and oxygen atoms in total. The minimum Gasteiger partial charge on any atom is -0.497 e. The summed E-state index contributed by atoms with van der Waals surface area (Å²) in [5.74, 6) is 1.36. The molecule has 0 amide bonds. The molecule has 0 atom stereocenters. The van der Waals surface area contributed by atoms with Crippen LogP contribution in [-0.4, -0.2) is 21.7 Å². The Morgan fingerprint density at radius 1 is 1.33 bits per heavy atom. The lowest BCUT2D eigenvalue weighted by atomic mass is 10.1. The van der Waals surface area contributed by atoms with Crippen LogP contribution in [0.5, 0.6) is 5.75 Å². The average Bonchev–Trinajstić information content (AvgIpc) is 3.20. The minimum atomic E-state index is 0.498. The second-order valence-electron chi connectivity index (χ2n) is 5.06. The summed E-state index contributed by atoms with van der Waals surface area (Å²) < 4.78 is 6.83. The fraction of sp³-hybridized carbons (Fsp3) is 0.267. The Labute approximate surface area is 125 Å². The number of nitriles is 1. The predicted molar refractivity (Wildman–Crippen MR) is 79.5 cm³/mol. The average molecular weight is 296 g/mol. The summed E-state index contributed by atoms with van der Waals surface area (Å²) in [6.07, 6.45) is 2.40. The van der Waals surface area contributed by atoms with Gasteiger partial charge in [0.1, 0.15) is 22.5 Å². The van der Waals surface area contributed by atoms with Crippen molar-refractivity contribution in [1.29, 1.82) is 5.26 Å². The molecule has 6 heteroatoms. The van der Waals surface area contributed by atoms with Crippen molar-refractivity contribution < 1.29 is 4.74 Å². The van der Waals surface area contributed by atoms with E-state index in [1.165, 1.54) is 12.8 Å². The summed E-state index contributed by atoms with van der Waals surface area (Å²) in [5.41, 5.74) is 2.08. The van der Waals surface area contributed by atoms with Crippen LogP contribution in [0.3, 0.4) is 0 Å². The maximum absolute atomic E-state index is 9.46. The zero-order chi connectivity index (χ0) is 14.4. The van der Waals surface area contributed by atoms with E-state index >= 15 is 0 Å². The van der Waals surface area contributed by atoms with E-state index in [0.29, 0.717) is 17.3 Å². The molecular weight excluding hydrogens is 284 g/mol. The van der Waals surface area contributed by atoms with Crippen molar-refractivity contribution in [2.45, 2.75) is 18.8 Å². The molecule has 1 saturated carbocycles. The minimum absolute atomic E-state index is 0.498. The molecule has 2 aromatic heterocycles. The summed E-state index contributed by atoms with van der Waals surface area (Å²) in [7, 11) is 1.63. The van der Waals surface area contributed by atoms with Crippen molar-refractivity contribution in [3.8, 4) is 23.1 Å². The first-order valence-corrected chi connectivity index (χ1v) is 7.56. The number of imidazole rings is 1. The van der Waals surface area contributed by atoms with Gasteiger partial charge < -0.3 is 4.74 Å². The van der Waals surface area contributed by atoms with Gasteiger partial charge in [0.25, 0.3) is 0 Å². The van der Waals surface area contributed by atoms with Crippen LogP contribution in [0, 0.1) is 11.3 Å². The van der Waals surface area contributed by atoms with Crippen LogP contribution < -0.4 is 4.74 Å². The van der Waals surface area contributed by atoms with E-state index in [9.17, 15) is 5.26 Å². The highest BCUT2D eigenvalue weighted by Gasteiger charge is 2.29. The first-order chi connectivity index (χ1) is 10.3. The molecule has 0 spiro atoms. The molecule has 104 valence electrons. The number of aromatic nitrogens is 3. The third-order valence-electron chi connectivity index (χ3n) is 3.62. The van der Waals surface area contributed by atoms with Gasteiger partial charge in [-0.05, 0) is 37.1 Å². The zero-order valence-electron chi connectivity index (χ0n) is 11.4. The fourth-order valence-corrected chi connectivity index (χ4v) is 3.38. The molecule has 0 radical (unpaired) electrons. The summed E-state index contributed by atoms with van der Waals surface area (Å²) in [4.78, 5) is 5.39. The molecule has 21 heavy (non-hydrogen) atoms. The van der Waals surface area contributed by atoms with Crippen LogP contribution in [0.25, 0.3) is 16.2 Å². The molecule has 4 rings (SSSR count). The van der Waals surface area contributed by atoms with E-state index in [1.54, 1.807) is 23.0 Å². The second-order valence-corrected chi connectivity index (χ2v) is 6.05. The predicted octanol–water partition coefficient (Wildman–Crippen LogP) is 3.22. The van der Waals surface area contributed by atoms with Crippen molar-refractivity contribution in [2.24, 2.45) is 0 Å². The van der Waals surface area contributed by atoms with Crippen LogP contribution >= 0.6 is 11.3 Å². The maximum atomic E-state index is 9.46. The topological polar surface area (TPSA) is 63.2 Å². The van der Waals surface area contributed by atoms with Crippen LogP contribution in [0.1, 0.15) is 29.5 Å². The molecule has 0 N–H and O–H groups in total. The van der Waals surface area contributed by atoms with Crippen molar-refractivity contribution in [3.05, 3.63) is 35.0 Å². The quantitative estimate of drug-likeness (QED) is 0.744. The lowest BCUT2D eigenvalue weighted by molar-refractivity contribution is 0.415. The number of methoxy groups -OCH3 is 1. The van der Waals surface area contributed by atoms with Gasteiger partial charge in [-0.25, -0.2) is 4.98 Å². The van der Waals surface area contributed by atoms with E-state index in [2.05, 4.69) is 16.2 Å². The molecule has 0 aliphatic heterocycles. The molecule has 2 heterocycles. The second kappa shape index (κ2) is 4.57. The molecule has 0 unspecified atom stereocenters. The van der Waals surface area contributed by atoms with E-state index in [1.807, 2.05) is 24.3 Å². The number of hydrogen-bond acceptors (Lipinski definition) is 5. The number of fused-ring (bicyclic) bond motifs is 1. The Morgan fingerprint density at radius 2 is 2.10 bits per heavy atom. The van der Waals surface area contributed by atoms with Crippen molar-refractivity contribution >= 4 is 16.3 Å². The number of rotatable bonds is 3. The fourth-order valence-electron chi connectivity index (χ4n) is 2.31. The molecular formula is C15H12N4OS. The molecule has 1 aliphatic carbocycles. The van der Waals surface area contributed by atoms with Gasteiger partial charge in [-0.2, -0.15) is 14.9 Å². The highest BCUT2D eigenvalue weighted by molar-refractivity contribution is 7.16. The first kappa shape index (κ1) is 12.4. The monoisotopic (exact) mass is 296 g/mol. The van der Waals surface area contributed by atoms with Gasteiger partial charge in [-0.15, -0.1) is 0 Å². The lowest BCUT2D eigenvalue weighted by Crippen LogP contribution is -1.92. The Balaban J connectivity index is 1.83. The van der Waals surface area contributed by atoms with E-state index < -0.39 is 0 Å². The molecule has 3 aromatic rings. The van der Waals surface area contributed by atoms with Crippen LogP contribution in [0.2, 0.25) is 0 Å². The van der Waals surface area contributed by atoms with Gasteiger partial charge >= 0.3 is 0 Å². The Bertz CT molecular complexity index is 852. The van der Waals surface area contributed by atoms with Crippen LogP contribution in [0.15, 0.2) is 24.3 Å². The largest absolute Gasteiger partial charge is 0.497 e. The molecule has 1 aromatic carbocycles. The van der Waals surface area contributed by atoms with Gasteiger partial charge in [0.2, 0.25) is 4.96 Å². The van der Waals surface area contributed by atoms with Crippen molar-refractivity contribution in [3.63, 3.8) is 0 Å².